The van der Waals surface area contributed by atoms with E-state index in [1.54, 1.807) is 0 Å². The summed E-state index contributed by atoms with van der Waals surface area (Å²) in [6.07, 6.45) is 0.312. The monoisotopic (exact) mass is 404 g/mol. The number of aryl methyl sites for hydroxylation is 1. The first-order valence-electron chi connectivity index (χ1n) is 10.3. The van der Waals surface area contributed by atoms with Crippen LogP contribution in [0.2, 0.25) is 0 Å². The second-order valence-corrected chi connectivity index (χ2v) is 8.15. The predicted molar refractivity (Wildman–Crippen MR) is 119 cm³/mol. The van der Waals surface area contributed by atoms with Gasteiger partial charge in [-0.1, -0.05) is 42.0 Å². The number of ketones is 1. The van der Waals surface area contributed by atoms with Crippen LogP contribution in [0.25, 0.3) is 0 Å². The molecule has 156 valence electrons. The van der Waals surface area contributed by atoms with E-state index in [2.05, 4.69) is 33.0 Å². The van der Waals surface area contributed by atoms with Crippen molar-refractivity contribution in [2.24, 2.45) is 0 Å². The average molecular weight is 405 g/mol. The zero-order valence-electron chi connectivity index (χ0n) is 18.0. The van der Waals surface area contributed by atoms with Gasteiger partial charge in [0.15, 0.2) is 5.78 Å². The molecule has 6 heteroatoms. The van der Waals surface area contributed by atoms with Crippen LogP contribution < -0.4 is 15.1 Å². The number of para-hydroxylation sites is 2. The molecule has 0 fully saturated rings. The van der Waals surface area contributed by atoms with Crippen molar-refractivity contribution < 1.29 is 9.59 Å². The molecule has 4 rings (SSSR count). The van der Waals surface area contributed by atoms with Crippen molar-refractivity contribution in [3.8, 4) is 0 Å². The summed E-state index contributed by atoms with van der Waals surface area (Å²) in [7, 11) is 4.00. The summed E-state index contributed by atoms with van der Waals surface area (Å²) in [5, 5.41) is 2.96. The van der Waals surface area contributed by atoms with E-state index in [-0.39, 0.29) is 23.4 Å². The zero-order chi connectivity index (χ0) is 21.4. The van der Waals surface area contributed by atoms with Crippen molar-refractivity contribution in [1.29, 1.82) is 0 Å². The van der Waals surface area contributed by atoms with Gasteiger partial charge in [-0.2, -0.15) is 0 Å². The fourth-order valence-corrected chi connectivity index (χ4v) is 4.01. The van der Waals surface area contributed by atoms with Gasteiger partial charge in [0, 0.05) is 19.5 Å². The van der Waals surface area contributed by atoms with Gasteiger partial charge in [-0.3, -0.25) is 14.5 Å². The molecular weight excluding hydrogens is 376 g/mol. The molecule has 0 saturated carbocycles. The van der Waals surface area contributed by atoms with Crippen molar-refractivity contribution >= 4 is 23.1 Å². The molecule has 1 atom stereocenters. The van der Waals surface area contributed by atoms with Crippen molar-refractivity contribution in [1.82, 2.24) is 10.2 Å². The number of hydrogen-bond acceptors (Lipinski definition) is 5. The highest BCUT2D eigenvalue weighted by Gasteiger charge is 2.42. The van der Waals surface area contributed by atoms with Crippen molar-refractivity contribution in [2.45, 2.75) is 33.0 Å². The highest BCUT2D eigenvalue weighted by molar-refractivity contribution is 6.22. The molecule has 30 heavy (non-hydrogen) atoms. The van der Waals surface area contributed by atoms with Gasteiger partial charge < -0.3 is 15.1 Å². The van der Waals surface area contributed by atoms with Gasteiger partial charge >= 0.3 is 0 Å². The standard InChI is InChI=1S/C24H28N4O2/c1-16-9-11-18(12-10-16)15-25-23(30)22-21(29)13-14-27-19-7-5-6-8-20(19)28(24(22)27)17(2)26(3)4/h5-12,17H,13-15H2,1-4H3,(H,25,30). The number of nitrogens with zero attached hydrogens (tertiary/aromatic N) is 3. The Labute approximate surface area is 177 Å². The summed E-state index contributed by atoms with van der Waals surface area (Å²) in [5.41, 5.74) is 4.49. The summed E-state index contributed by atoms with van der Waals surface area (Å²) in [6, 6.07) is 16.1. The van der Waals surface area contributed by atoms with E-state index in [9.17, 15) is 9.59 Å². The maximum absolute atomic E-state index is 13.2. The number of rotatable bonds is 5. The number of carbonyl (C=O) groups excluding carboxylic acids is 2. The number of amides is 1. The highest BCUT2D eigenvalue weighted by atomic mass is 16.2. The number of carbonyl (C=O) groups is 2. The molecule has 0 radical (unpaired) electrons. The summed E-state index contributed by atoms with van der Waals surface area (Å²) in [6.45, 7) is 5.08. The Morgan fingerprint density at radius 1 is 1.10 bits per heavy atom. The number of nitrogens with one attached hydrogen (secondary N) is 1. The van der Waals surface area contributed by atoms with E-state index in [0.717, 1.165) is 16.9 Å². The van der Waals surface area contributed by atoms with Crippen LogP contribution in [0.3, 0.4) is 0 Å². The third-order valence-electron chi connectivity index (χ3n) is 5.90. The molecule has 1 N–H and O–H groups in total. The minimum absolute atomic E-state index is 0.0167. The van der Waals surface area contributed by atoms with Crippen LogP contribution in [0.4, 0.5) is 11.4 Å². The minimum atomic E-state index is -0.316. The van der Waals surface area contributed by atoms with Crippen LogP contribution in [0.15, 0.2) is 59.9 Å². The SMILES string of the molecule is Cc1ccc(CNC(=O)C2=C3N(CCC2=O)c2ccccc2N3C(C)N(C)C)cc1. The Kier molecular flexibility index (Phi) is 5.35. The summed E-state index contributed by atoms with van der Waals surface area (Å²) in [5.74, 6) is 0.269. The lowest BCUT2D eigenvalue weighted by Crippen LogP contribution is -2.48. The second-order valence-electron chi connectivity index (χ2n) is 8.15. The maximum Gasteiger partial charge on any atom is 0.258 e. The van der Waals surface area contributed by atoms with Crippen LogP contribution in [-0.2, 0) is 16.1 Å². The molecule has 2 aromatic rings. The molecule has 1 unspecified atom stereocenters. The Bertz CT molecular complexity index is 1010. The van der Waals surface area contributed by atoms with E-state index < -0.39 is 0 Å². The third-order valence-corrected chi connectivity index (χ3v) is 5.90. The molecule has 2 aromatic carbocycles. The molecule has 0 aliphatic carbocycles. The quantitative estimate of drug-likeness (QED) is 0.777. The van der Waals surface area contributed by atoms with Crippen molar-refractivity contribution in [3.05, 3.63) is 71.1 Å². The molecule has 0 aromatic heterocycles. The maximum atomic E-state index is 13.2. The predicted octanol–water partition coefficient (Wildman–Crippen LogP) is 3.03. The number of benzene rings is 2. The summed E-state index contributed by atoms with van der Waals surface area (Å²) >= 11 is 0. The Morgan fingerprint density at radius 3 is 2.43 bits per heavy atom. The fraction of sp³-hybridized carbons (Fsp3) is 0.333. The Balaban J connectivity index is 1.72. The molecule has 0 bridgehead atoms. The first-order valence-corrected chi connectivity index (χ1v) is 10.3. The van der Waals surface area contributed by atoms with Crippen LogP contribution in [0.1, 0.15) is 24.5 Å². The fourth-order valence-electron chi connectivity index (χ4n) is 4.01. The number of fused-ring (bicyclic) bond motifs is 3. The number of hydrogen-bond donors (Lipinski definition) is 1. The van der Waals surface area contributed by atoms with E-state index >= 15 is 0 Å². The Hall–Kier alpha value is -3.12. The second kappa shape index (κ2) is 7.95. The lowest BCUT2D eigenvalue weighted by molar-refractivity contribution is -0.123. The van der Waals surface area contributed by atoms with E-state index in [1.807, 2.05) is 63.5 Å². The highest BCUT2D eigenvalue weighted by Crippen LogP contribution is 2.45. The molecule has 2 heterocycles. The first kappa shape index (κ1) is 20.2. The zero-order valence-corrected chi connectivity index (χ0v) is 18.0. The molecule has 2 aliphatic heterocycles. The van der Waals surface area contributed by atoms with Crippen molar-refractivity contribution in [3.63, 3.8) is 0 Å². The minimum Gasteiger partial charge on any atom is -0.348 e. The van der Waals surface area contributed by atoms with Gasteiger partial charge in [0.2, 0.25) is 0 Å². The van der Waals surface area contributed by atoms with Crippen LogP contribution in [0, 0.1) is 6.92 Å². The molecule has 0 spiro atoms. The van der Waals surface area contributed by atoms with Crippen LogP contribution >= 0.6 is 0 Å². The Morgan fingerprint density at radius 2 is 1.77 bits per heavy atom. The normalized spacial score (nSPS) is 16.6. The van der Waals surface area contributed by atoms with Gasteiger partial charge in [0.25, 0.3) is 5.91 Å². The lowest BCUT2D eigenvalue weighted by Gasteiger charge is -2.36. The van der Waals surface area contributed by atoms with Crippen LogP contribution in [-0.4, -0.2) is 43.4 Å². The number of anilines is 2. The largest absolute Gasteiger partial charge is 0.348 e. The van der Waals surface area contributed by atoms with Gasteiger partial charge in [-0.25, -0.2) is 0 Å². The molecule has 2 aliphatic rings. The van der Waals surface area contributed by atoms with E-state index in [4.69, 9.17) is 0 Å². The smallest absolute Gasteiger partial charge is 0.258 e. The van der Waals surface area contributed by atoms with Gasteiger partial charge in [0.1, 0.15) is 11.4 Å². The third kappa shape index (κ3) is 3.48. The van der Waals surface area contributed by atoms with Crippen LogP contribution in [0.5, 0.6) is 0 Å². The summed E-state index contributed by atoms with van der Waals surface area (Å²) in [4.78, 5) is 32.5. The first-order chi connectivity index (χ1) is 14.4. The van der Waals surface area contributed by atoms with E-state index in [0.29, 0.717) is 25.3 Å². The lowest BCUT2D eigenvalue weighted by atomic mass is 10.0. The molecule has 1 amide bonds. The van der Waals surface area contributed by atoms with Gasteiger partial charge in [-0.15, -0.1) is 0 Å². The van der Waals surface area contributed by atoms with Gasteiger partial charge in [0.05, 0.1) is 17.5 Å². The average Bonchev–Trinajstić information content (AvgIpc) is 3.06. The number of Topliss-reactive ketones (excluding diaryl/α,β-unsaturated/α-hetero) is 1. The summed E-state index contributed by atoms with van der Waals surface area (Å²) < 4.78 is 0. The van der Waals surface area contributed by atoms with E-state index in [1.165, 1.54) is 5.56 Å². The van der Waals surface area contributed by atoms with Gasteiger partial charge in [-0.05, 0) is 45.6 Å². The molecule has 0 saturated heterocycles. The van der Waals surface area contributed by atoms with Crippen molar-refractivity contribution in [2.75, 3.05) is 30.4 Å². The molecular formula is C24H28N4O2. The molecule has 6 nitrogen and oxygen atoms in total. The topological polar surface area (TPSA) is 55.9 Å².